The van der Waals surface area contributed by atoms with Gasteiger partial charge in [0.25, 0.3) is 5.91 Å². The number of rotatable bonds is 6. The molecule has 0 N–H and O–H groups in total. The summed E-state index contributed by atoms with van der Waals surface area (Å²) in [5.74, 6) is 0.0298. The highest BCUT2D eigenvalue weighted by Gasteiger charge is 2.37. The van der Waals surface area contributed by atoms with E-state index in [1.54, 1.807) is 18.2 Å². The van der Waals surface area contributed by atoms with Crippen molar-refractivity contribution >= 4 is 11.7 Å². The SMILES string of the molecule is O=C(c1ccc(N2CCOCC2)nc1)N(Cc1cccnc1)Cc1cc(C(F)(F)F)cc(C(F)(F)F)c1. The first-order chi connectivity index (χ1) is 17.5. The lowest BCUT2D eigenvalue weighted by molar-refractivity contribution is -0.143. The Morgan fingerprint density at radius 1 is 0.892 bits per heavy atom. The molecular formula is C25H22F6N4O2. The van der Waals surface area contributed by atoms with Gasteiger partial charge in [0, 0.05) is 44.8 Å². The van der Waals surface area contributed by atoms with Crippen LogP contribution >= 0.6 is 0 Å². The van der Waals surface area contributed by atoms with Gasteiger partial charge in [0.2, 0.25) is 0 Å². The molecule has 0 saturated carbocycles. The molecule has 37 heavy (non-hydrogen) atoms. The van der Waals surface area contributed by atoms with Crippen LogP contribution in [0.15, 0.2) is 61.1 Å². The molecule has 3 heterocycles. The number of anilines is 1. The molecule has 3 aromatic rings. The summed E-state index contributed by atoms with van der Waals surface area (Å²) >= 11 is 0. The van der Waals surface area contributed by atoms with E-state index in [1.165, 1.54) is 24.7 Å². The molecule has 1 aliphatic rings. The van der Waals surface area contributed by atoms with E-state index in [2.05, 4.69) is 9.97 Å². The van der Waals surface area contributed by atoms with Crippen molar-refractivity contribution in [1.82, 2.24) is 14.9 Å². The molecule has 12 heteroatoms. The van der Waals surface area contributed by atoms with Gasteiger partial charge in [-0.25, -0.2) is 4.98 Å². The van der Waals surface area contributed by atoms with Crippen LogP contribution in [0.25, 0.3) is 0 Å². The van der Waals surface area contributed by atoms with Crippen molar-refractivity contribution in [2.45, 2.75) is 25.4 Å². The molecule has 1 aliphatic heterocycles. The monoisotopic (exact) mass is 524 g/mol. The van der Waals surface area contributed by atoms with Crippen molar-refractivity contribution in [3.63, 3.8) is 0 Å². The third kappa shape index (κ3) is 6.76. The lowest BCUT2D eigenvalue weighted by Crippen LogP contribution is -2.36. The Bertz CT molecular complexity index is 1180. The molecule has 0 bridgehead atoms. The molecule has 1 saturated heterocycles. The third-order valence-corrected chi connectivity index (χ3v) is 5.73. The van der Waals surface area contributed by atoms with E-state index in [-0.39, 0.29) is 23.7 Å². The first-order valence-corrected chi connectivity index (χ1v) is 11.3. The highest BCUT2D eigenvalue weighted by Crippen LogP contribution is 2.36. The predicted octanol–water partition coefficient (Wildman–Crippen LogP) is 5.19. The van der Waals surface area contributed by atoms with Gasteiger partial charge in [-0.05, 0) is 47.5 Å². The number of aromatic nitrogens is 2. The average molecular weight is 524 g/mol. The van der Waals surface area contributed by atoms with Gasteiger partial charge in [0.05, 0.1) is 29.9 Å². The van der Waals surface area contributed by atoms with Crippen LogP contribution in [0.2, 0.25) is 0 Å². The fourth-order valence-electron chi connectivity index (χ4n) is 3.92. The average Bonchev–Trinajstić information content (AvgIpc) is 2.88. The zero-order chi connectivity index (χ0) is 26.6. The van der Waals surface area contributed by atoms with Gasteiger partial charge < -0.3 is 14.5 Å². The Hall–Kier alpha value is -3.67. The molecule has 0 aliphatic carbocycles. The Balaban J connectivity index is 1.65. The summed E-state index contributed by atoms with van der Waals surface area (Å²) in [6.45, 7) is 1.76. The smallest absolute Gasteiger partial charge is 0.378 e. The lowest BCUT2D eigenvalue weighted by atomic mass is 10.0. The lowest BCUT2D eigenvalue weighted by Gasteiger charge is -2.28. The van der Waals surface area contributed by atoms with E-state index in [9.17, 15) is 31.1 Å². The minimum atomic E-state index is -4.99. The van der Waals surface area contributed by atoms with E-state index >= 15 is 0 Å². The summed E-state index contributed by atoms with van der Waals surface area (Å²) in [6.07, 6.45) is -5.67. The highest BCUT2D eigenvalue weighted by atomic mass is 19.4. The van der Waals surface area contributed by atoms with Crippen LogP contribution in [-0.2, 0) is 30.2 Å². The van der Waals surface area contributed by atoms with E-state index in [0.717, 1.165) is 4.90 Å². The molecule has 1 aromatic carbocycles. The zero-order valence-corrected chi connectivity index (χ0v) is 19.4. The standard InChI is InChI=1S/C25H22F6N4O2/c26-24(27,28)20-10-18(11-21(12-20)25(29,30)31)16-35(15-17-2-1-5-32-13-17)23(36)19-3-4-22(33-14-19)34-6-8-37-9-7-34/h1-5,10-14H,6-9,15-16H2. The second-order valence-corrected chi connectivity index (χ2v) is 8.44. The molecule has 4 rings (SSSR count). The van der Waals surface area contributed by atoms with Crippen LogP contribution in [0.4, 0.5) is 32.2 Å². The van der Waals surface area contributed by atoms with Gasteiger partial charge in [0.1, 0.15) is 5.82 Å². The minimum Gasteiger partial charge on any atom is -0.378 e. The van der Waals surface area contributed by atoms with E-state index in [0.29, 0.717) is 49.8 Å². The van der Waals surface area contributed by atoms with Crippen molar-refractivity contribution in [3.05, 3.63) is 88.9 Å². The first kappa shape index (κ1) is 26.4. The Labute approximate surface area is 208 Å². The number of nitrogens with zero attached hydrogens (tertiary/aromatic N) is 4. The third-order valence-electron chi connectivity index (χ3n) is 5.73. The number of ether oxygens (including phenoxy) is 1. The van der Waals surface area contributed by atoms with Crippen LogP contribution < -0.4 is 4.90 Å². The van der Waals surface area contributed by atoms with Gasteiger partial charge in [-0.15, -0.1) is 0 Å². The Kier molecular flexibility index (Phi) is 7.67. The van der Waals surface area contributed by atoms with Crippen LogP contribution in [0, 0.1) is 0 Å². The zero-order valence-electron chi connectivity index (χ0n) is 19.4. The highest BCUT2D eigenvalue weighted by molar-refractivity contribution is 5.94. The fraction of sp³-hybridized carbons (Fsp3) is 0.320. The van der Waals surface area contributed by atoms with Crippen LogP contribution in [0.1, 0.15) is 32.6 Å². The molecule has 0 unspecified atom stereocenters. The topological polar surface area (TPSA) is 58.6 Å². The van der Waals surface area contributed by atoms with Crippen molar-refractivity contribution in [2.24, 2.45) is 0 Å². The largest absolute Gasteiger partial charge is 0.416 e. The molecule has 0 radical (unpaired) electrons. The van der Waals surface area contributed by atoms with Gasteiger partial charge >= 0.3 is 12.4 Å². The number of hydrogen-bond acceptors (Lipinski definition) is 5. The second kappa shape index (κ2) is 10.8. The summed E-state index contributed by atoms with van der Waals surface area (Å²) in [7, 11) is 0. The Morgan fingerprint density at radius 3 is 2.08 bits per heavy atom. The molecular weight excluding hydrogens is 502 g/mol. The maximum atomic E-state index is 13.4. The van der Waals surface area contributed by atoms with Crippen LogP contribution in [0.3, 0.4) is 0 Å². The quantitative estimate of drug-likeness (QED) is 0.416. The van der Waals surface area contributed by atoms with E-state index < -0.39 is 35.9 Å². The normalized spacial score (nSPS) is 14.5. The number of morpholine rings is 1. The van der Waals surface area contributed by atoms with E-state index in [4.69, 9.17) is 4.74 Å². The molecule has 0 atom stereocenters. The molecule has 1 amide bonds. The molecule has 0 spiro atoms. The molecule has 196 valence electrons. The van der Waals surface area contributed by atoms with Crippen molar-refractivity contribution in [1.29, 1.82) is 0 Å². The summed E-state index contributed by atoms with van der Waals surface area (Å²) < 4.78 is 85.5. The Morgan fingerprint density at radius 2 is 1.54 bits per heavy atom. The summed E-state index contributed by atoms with van der Waals surface area (Å²) in [6, 6.07) is 7.75. The summed E-state index contributed by atoms with van der Waals surface area (Å²) in [5, 5.41) is 0. The van der Waals surface area contributed by atoms with Crippen molar-refractivity contribution in [2.75, 3.05) is 31.2 Å². The van der Waals surface area contributed by atoms with Gasteiger partial charge in [-0.2, -0.15) is 26.3 Å². The number of alkyl halides is 6. The first-order valence-electron chi connectivity index (χ1n) is 11.3. The molecule has 2 aromatic heterocycles. The summed E-state index contributed by atoms with van der Waals surface area (Å²) in [5.41, 5.74) is -2.50. The second-order valence-electron chi connectivity index (χ2n) is 8.44. The predicted molar refractivity (Wildman–Crippen MR) is 122 cm³/mol. The van der Waals surface area contributed by atoms with Crippen LogP contribution in [0.5, 0.6) is 0 Å². The van der Waals surface area contributed by atoms with Crippen molar-refractivity contribution < 1.29 is 35.9 Å². The van der Waals surface area contributed by atoms with Gasteiger partial charge in [-0.1, -0.05) is 6.07 Å². The number of benzene rings is 1. The van der Waals surface area contributed by atoms with E-state index in [1.807, 2.05) is 4.90 Å². The number of carbonyl (C=O) groups is 1. The number of amides is 1. The minimum absolute atomic E-state index is 0.0606. The number of pyridine rings is 2. The number of hydrogen-bond donors (Lipinski definition) is 0. The summed E-state index contributed by atoms with van der Waals surface area (Å²) in [4.78, 5) is 24.8. The van der Waals surface area contributed by atoms with Crippen LogP contribution in [-0.4, -0.2) is 47.1 Å². The molecule has 6 nitrogen and oxygen atoms in total. The van der Waals surface area contributed by atoms with Crippen molar-refractivity contribution in [3.8, 4) is 0 Å². The maximum absolute atomic E-state index is 13.4. The number of carbonyl (C=O) groups excluding carboxylic acids is 1. The molecule has 1 fully saturated rings. The van der Waals surface area contributed by atoms with Gasteiger partial charge in [0.15, 0.2) is 0 Å². The maximum Gasteiger partial charge on any atom is 0.416 e. The fourth-order valence-corrected chi connectivity index (χ4v) is 3.92. The number of halogens is 6. The van der Waals surface area contributed by atoms with Gasteiger partial charge in [-0.3, -0.25) is 9.78 Å².